The van der Waals surface area contributed by atoms with Crippen molar-refractivity contribution in [3.05, 3.63) is 45.1 Å². The molecule has 142 valence electrons. The zero-order valence-electron chi connectivity index (χ0n) is 16.0. The van der Waals surface area contributed by atoms with Crippen molar-refractivity contribution >= 4 is 22.8 Å². The van der Waals surface area contributed by atoms with E-state index < -0.39 is 0 Å². The van der Waals surface area contributed by atoms with Crippen LogP contribution in [-0.4, -0.2) is 32.3 Å². The van der Waals surface area contributed by atoms with Gasteiger partial charge in [-0.25, -0.2) is 4.79 Å². The summed E-state index contributed by atoms with van der Waals surface area (Å²) in [4.78, 5) is 32.2. The molecule has 0 N–H and O–H groups in total. The van der Waals surface area contributed by atoms with Crippen molar-refractivity contribution in [3.8, 4) is 5.75 Å². The maximum atomic E-state index is 13.0. The first kappa shape index (κ1) is 17.4. The summed E-state index contributed by atoms with van der Waals surface area (Å²) in [5, 5.41) is 0. The number of aryl methyl sites for hydroxylation is 1. The Bertz CT molecular complexity index is 1120. The monoisotopic (exact) mass is 369 g/mol. The molecule has 3 aromatic rings. The van der Waals surface area contributed by atoms with Gasteiger partial charge in [0, 0.05) is 32.4 Å². The molecule has 1 aliphatic heterocycles. The number of fused-ring (bicyclic) bond motifs is 3. The number of nitrogens with zero attached hydrogens (tertiary/aromatic N) is 5. The van der Waals surface area contributed by atoms with E-state index in [1.165, 1.54) is 9.13 Å². The Labute approximate surface area is 156 Å². The fraction of sp³-hybridized carbons (Fsp3) is 0.421. The van der Waals surface area contributed by atoms with Crippen molar-refractivity contribution in [2.45, 2.75) is 26.9 Å². The van der Waals surface area contributed by atoms with Gasteiger partial charge in [0.1, 0.15) is 5.75 Å². The van der Waals surface area contributed by atoms with Crippen molar-refractivity contribution < 1.29 is 4.74 Å². The largest absolute Gasteiger partial charge is 0.497 e. The highest BCUT2D eigenvalue weighted by Crippen LogP contribution is 2.33. The lowest BCUT2D eigenvalue weighted by molar-refractivity contribution is 0.414. The van der Waals surface area contributed by atoms with Crippen molar-refractivity contribution in [1.29, 1.82) is 0 Å². The van der Waals surface area contributed by atoms with Crippen LogP contribution in [-0.2, 0) is 20.1 Å². The third-order valence-corrected chi connectivity index (χ3v) is 5.14. The standard InChI is InChI=1S/C19H23N5O3/c1-5-22-17(25)15-16(21(3)19(22)26)20-18-23(10-12(2)11-24(15)18)13-6-8-14(27-4)9-7-13/h6-9,12H,5,10-11H2,1-4H3/t12-/m1/s1. The van der Waals surface area contributed by atoms with Crippen LogP contribution in [0, 0.1) is 5.92 Å². The second-order valence-corrected chi connectivity index (χ2v) is 7.00. The van der Waals surface area contributed by atoms with Crippen LogP contribution in [0.1, 0.15) is 13.8 Å². The molecule has 27 heavy (non-hydrogen) atoms. The molecule has 1 aromatic carbocycles. The van der Waals surface area contributed by atoms with Crippen LogP contribution >= 0.6 is 0 Å². The average molecular weight is 369 g/mol. The molecule has 2 aromatic heterocycles. The molecule has 0 unspecified atom stereocenters. The Morgan fingerprint density at radius 2 is 1.89 bits per heavy atom. The van der Waals surface area contributed by atoms with Gasteiger partial charge in [-0.2, -0.15) is 4.98 Å². The zero-order valence-corrected chi connectivity index (χ0v) is 16.0. The molecule has 0 spiro atoms. The van der Waals surface area contributed by atoms with Gasteiger partial charge in [0.25, 0.3) is 5.56 Å². The lowest BCUT2D eigenvalue weighted by Crippen LogP contribution is -2.40. The summed E-state index contributed by atoms with van der Waals surface area (Å²) < 4.78 is 9.91. The molecule has 0 bridgehead atoms. The summed E-state index contributed by atoms with van der Waals surface area (Å²) >= 11 is 0. The van der Waals surface area contributed by atoms with Gasteiger partial charge in [-0.05, 0) is 37.1 Å². The fourth-order valence-corrected chi connectivity index (χ4v) is 3.76. The van der Waals surface area contributed by atoms with Crippen LogP contribution in [0.25, 0.3) is 11.2 Å². The molecule has 8 nitrogen and oxygen atoms in total. The minimum absolute atomic E-state index is 0.280. The van der Waals surface area contributed by atoms with Crippen LogP contribution in [0.15, 0.2) is 33.9 Å². The predicted molar refractivity (Wildman–Crippen MR) is 104 cm³/mol. The summed E-state index contributed by atoms with van der Waals surface area (Å²) in [6, 6.07) is 7.76. The van der Waals surface area contributed by atoms with Crippen molar-refractivity contribution in [3.63, 3.8) is 0 Å². The van der Waals surface area contributed by atoms with E-state index in [0.717, 1.165) is 18.0 Å². The second kappa shape index (κ2) is 6.29. The van der Waals surface area contributed by atoms with Crippen LogP contribution in [0.5, 0.6) is 5.75 Å². The minimum Gasteiger partial charge on any atom is -0.497 e. The molecular weight excluding hydrogens is 346 g/mol. The summed E-state index contributed by atoms with van der Waals surface area (Å²) in [5.74, 6) is 1.79. The number of imidazole rings is 1. The topological polar surface area (TPSA) is 74.3 Å². The first-order valence-corrected chi connectivity index (χ1v) is 9.07. The van der Waals surface area contributed by atoms with Gasteiger partial charge in [0.15, 0.2) is 11.2 Å². The van der Waals surface area contributed by atoms with Crippen LogP contribution in [0.3, 0.4) is 0 Å². The fourth-order valence-electron chi connectivity index (χ4n) is 3.76. The molecule has 8 heteroatoms. The number of rotatable bonds is 3. The number of anilines is 2. The number of aromatic nitrogens is 4. The van der Waals surface area contributed by atoms with Gasteiger partial charge in [-0.1, -0.05) is 6.92 Å². The van der Waals surface area contributed by atoms with Gasteiger partial charge >= 0.3 is 5.69 Å². The normalized spacial score (nSPS) is 16.6. The van der Waals surface area contributed by atoms with E-state index in [1.807, 2.05) is 28.8 Å². The molecule has 1 aliphatic rings. The van der Waals surface area contributed by atoms with E-state index in [-0.39, 0.29) is 11.2 Å². The second-order valence-electron chi connectivity index (χ2n) is 7.00. The van der Waals surface area contributed by atoms with Gasteiger partial charge in [0.2, 0.25) is 5.95 Å². The molecule has 0 saturated carbocycles. The minimum atomic E-state index is -0.338. The lowest BCUT2D eigenvalue weighted by Gasteiger charge is -2.33. The predicted octanol–water partition coefficient (Wildman–Crippen LogP) is 1.71. The van der Waals surface area contributed by atoms with Gasteiger partial charge < -0.3 is 14.2 Å². The summed E-state index contributed by atoms with van der Waals surface area (Å²) in [5.41, 5.74) is 1.27. The molecule has 1 atom stereocenters. The van der Waals surface area contributed by atoms with E-state index in [2.05, 4.69) is 11.8 Å². The third-order valence-electron chi connectivity index (χ3n) is 5.14. The SMILES string of the molecule is CCn1c(=O)c2c(nc3n2C[C@H](C)CN3c2ccc(OC)cc2)n(C)c1=O. The van der Waals surface area contributed by atoms with Crippen LogP contribution < -0.4 is 20.9 Å². The van der Waals surface area contributed by atoms with E-state index in [9.17, 15) is 9.59 Å². The van der Waals surface area contributed by atoms with Gasteiger partial charge in [-0.15, -0.1) is 0 Å². The zero-order chi connectivity index (χ0) is 19.3. The quantitative estimate of drug-likeness (QED) is 0.703. The first-order chi connectivity index (χ1) is 13.0. The van der Waals surface area contributed by atoms with Crippen molar-refractivity contribution in [2.24, 2.45) is 13.0 Å². The highest BCUT2D eigenvalue weighted by atomic mass is 16.5. The van der Waals surface area contributed by atoms with Crippen LogP contribution in [0.4, 0.5) is 11.6 Å². The Balaban J connectivity index is 1.98. The maximum Gasteiger partial charge on any atom is 0.332 e. The summed E-state index contributed by atoms with van der Waals surface area (Å²) in [6.45, 7) is 5.75. The first-order valence-electron chi connectivity index (χ1n) is 9.07. The maximum absolute atomic E-state index is 13.0. The summed E-state index contributed by atoms with van der Waals surface area (Å²) in [6.07, 6.45) is 0. The molecule has 4 rings (SSSR count). The Morgan fingerprint density at radius 1 is 1.19 bits per heavy atom. The van der Waals surface area contributed by atoms with E-state index in [0.29, 0.717) is 36.1 Å². The van der Waals surface area contributed by atoms with Crippen molar-refractivity contribution in [2.75, 3.05) is 18.6 Å². The smallest absolute Gasteiger partial charge is 0.332 e. The molecule has 0 fully saturated rings. The highest BCUT2D eigenvalue weighted by Gasteiger charge is 2.29. The molecule has 3 heterocycles. The van der Waals surface area contributed by atoms with Gasteiger partial charge in [0.05, 0.1) is 7.11 Å². The molecule has 0 aliphatic carbocycles. The Kier molecular flexibility index (Phi) is 4.05. The molecule has 0 amide bonds. The number of hydrogen-bond acceptors (Lipinski definition) is 5. The van der Waals surface area contributed by atoms with Crippen molar-refractivity contribution in [1.82, 2.24) is 18.7 Å². The highest BCUT2D eigenvalue weighted by molar-refractivity contribution is 5.77. The molecular formula is C19H23N5O3. The van der Waals surface area contributed by atoms with E-state index in [1.54, 1.807) is 21.1 Å². The Hall–Kier alpha value is -3.03. The number of hydrogen-bond donors (Lipinski definition) is 0. The average Bonchev–Trinajstić information content (AvgIpc) is 3.06. The van der Waals surface area contributed by atoms with E-state index in [4.69, 9.17) is 9.72 Å². The van der Waals surface area contributed by atoms with Crippen LogP contribution in [0.2, 0.25) is 0 Å². The lowest BCUT2D eigenvalue weighted by atomic mass is 10.1. The Morgan fingerprint density at radius 3 is 2.52 bits per heavy atom. The number of methoxy groups -OCH3 is 1. The molecule has 0 saturated heterocycles. The van der Waals surface area contributed by atoms with Gasteiger partial charge in [-0.3, -0.25) is 13.9 Å². The van der Waals surface area contributed by atoms with E-state index >= 15 is 0 Å². The molecule has 0 radical (unpaired) electrons. The summed E-state index contributed by atoms with van der Waals surface area (Å²) in [7, 11) is 3.30. The third kappa shape index (κ3) is 2.55. The number of benzene rings is 1. The number of ether oxygens (including phenoxy) is 1.